The van der Waals surface area contributed by atoms with Gasteiger partial charge in [0, 0.05) is 18.6 Å². The van der Waals surface area contributed by atoms with Crippen LogP contribution in [0.4, 0.5) is 0 Å². The summed E-state index contributed by atoms with van der Waals surface area (Å²) in [6.07, 6.45) is 10.5. The van der Waals surface area contributed by atoms with Crippen molar-refractivity contribution < 1.29 is 0 Å². The second-order valence-corrected chi connectivity index (χ2v) is 3.94. The lowest BCUT2D eigenvalue weighted by atomic mass is 10.3. The van der Waals surface area contributed by atoms with Crippen molar-refractivity contribution in [2.45, 2.75) is 0 Å². The smallest absolute Gasteiger partial charge is 0.142 e. The molecule has 0 aliphatic rings. The number of hydrogen-bond acceptors (Lipinski definition) is 4. The predicted octanol–water partition coefficient (Wildman–Crippen LogP) is 1.67. The SMILES string of the molecule is c1cc2nc(-c3cnn4ccncc34)[nH]c2cn1. The molecule has 0 aliphatic carbocycles. The Kier molecular flexibility index (Phi) is 1.74. The van der Waals surface area contributed by atoms with E-state index in [1.165, 1.54) is 0 Å². The lowest BCUT2D eigenvalue weighted by molar-refractivity contribution is 0.946. The Hall–Kier alpha value is -2.76. The fraction of sp³-hybridized carbons (Fsp3) is 0. The van der Waals surface area contributed by atoms with Crippen LogP contribution in [0.15, 0.2) is 43.2 Å². The average Bonchev–Trinajstić information content (AvgIpc) is 3.02. The largest absolute Gasteiger partial charge is 0.337 e. The van der Waals surface area contributed by atoms with Gasteiger partial charge in [0.2, 0.25) is 0 Å². The molecule has 6 heteroatoms. The first-order valence-electron chi connectivity index (χ1n) is 5.49. The predicted molar refractivity (Wildman–Crippen MR) is 65.9 cm³/mol. The van der Waals surface area contributed by atoms with E-state index in [1.54, 1.807) is 35.5 Å². The van der Waals surface area contributed by atoms with Crippen molar-refractivity contribution in [1.29, 1.82) is 0 Å². The number of imidazole rings is 1. The van der Waals surface area contributed by atoms with E-state index >= 15 is 0 Å². The molecule has 0 atom stereocenters. The number of pyridine rings is 1. The Morgan fingerprint density at radius 1 is 1.06 bits per heavy atom. The lowest BCUT2D eigenvalue weighted by Crippen LogP contribution is -1.86. The first kappa shape index (κ1) is 9.29. The van der Waals surface area contributed by atoms with Crippen LogP contribution < -0.4 is 0 Å². The fourth-order valence-electron chi connectivity index (χ4n) is 2.00. The van der Waals surface area contributed by atoms with Gasteiger partial charge in [-0.15, -0.1) is 0 Å². The maximum Gasteiger partial charge on any atom is 0.142 e. The molecule has 0 bridgehead atoms. The van der Waals surface area contributed by atoms with Gasteiger partial charge in [-0.2, -0.15) is 5.10 Å². The van der Waals surface area contributed by atoms with Crippen LogP contribution in [0.3, 0.4) is 0 Å². The van der Waals surface area contributed by atoms with Crippen LogP contribution in [0.5, 0.6) is 0 Å². The molecular formula is C12H8N6. The zero-order chi connectivity index (χ0) is 11.9. The van der Waals surface area contributed by atoms with E-state index in [2.05, 4.69) is 25.0 Å². The number of hydrogen-bond donors (Lipinski definition) is 1. The third kappa shape index (κ3) is 1.22. The average molecular weight is 236 g/mol. The topological polar surface area (TPSA) is 71.8 Å². The number of aromatic nitrogens is 6. The summed E-state index contributed by atoms with van der Waals surface area (Å²) in [4.78, 5) is 15.9. The highest BCUT2D eigenvalue weighted by Crippen LogP contribution is 2.23. The second-order valence-electron chi connectivity index (χ2n) is 3.94. The molecule has 1 N–H and O–H groups in total. The van der Waals surface area contributed by atoms with Crippen LogP contribution in [-0.4, -0.2) is 29.5 Å². The van der Waals surface area contributed by atoms with Gasteiger partial charge in [-0.25, -0.2) is 9.50 Å². The van der Waals surface area contributed by atoms with Crippen LogP contribution in [0.25, 0.3) is 27.9 Å². The van der Waals surface area contributed by atoms with Crippen molar-refractivity contribution in [3.05, 3.63) is 43.2 Å². The van der Waals surface area contributed by atoms with E-state index in [0.29, 0.717) is 0 Å². The molecule has 0 aliphatic heterocycles. The summed E-state index contributed by atoms with van der Waals surface area (Å²) in [6, 6.07) is 1.87. The summed E-state index contributed by atoms with van der Waals surface area (Å²) in [5.74, 6) is 0.779. The summed E-state index contributed by atoms with van der Waals surface area (Å²) in [6.45, 7) is 0. The summed E-state index contributed by atoms with van der Waals surface area (Å²) in [7, 11) is 0. The molecule has 6 nitrogen and oxygen atoms in total. The number of fused-ring (bicyclic) bond motifs is 2. The Morgan fingerprint density at radius 3 is 2.94 bits per heavy atom. The van der Waals surface area contributed by atoms with E-state index in [9.17, 15) is 0 Å². The number of rotatable bonds is 1. The first-order chi connectivity index (χ1) is 8.92. The van der Waals surface area contributed by atoms with E-state index in [0.717, 1.165) is 27.9 Å². The minimum absolute atomic E-state index is 0.779. The molecule has 0 aromatic carbocycles. The molecule has 0 unspecified atom stereocenters. The highest BCUT2D eigenvalue weighted by atomic mass is 15.2. The standard InChI is InChI=1S/C12H8N6/c1-2-13-6-10-9(1)16-12(17-10)8-5-15-18-4-3-14-7-11(8)18/h1-7H,(H,16,17). The molecule has 0 spiro atoms. The van der Waals surface area contributed by atoms with Crippen molar-refractivity contribution in [1.82, 2.24) is 29.5 Å². The van der Waals surface area contributed by atoms with Gasteiger partial charge in [0.1, 0.15) is 5.82 Å². The highest BCUT2D eigenvalue weighted by molar-refractivity contribution is 5.83. The monoisotopic (exact) mass is 236 g/mol. The molecule has 4 aromatic rings. The van der Waals surface area contributed by atoms with Gasteiger partial charge < -0.3 is 4.98 Å². The number of nitrogens with zero attached hydrogens (tertiary/aromatic N) is 5. The molecule has 0 radical (unpaired) electrons. The maximum atomic E-state index is 4.53. The van der Waals surface area contributed by atoms with Crippen molar-refractivity contribution >= 4 is 16.6 Å². The minimum atomic E-state index is 0.779. The van der Waals surface area contributed by atoms with Crippen LogP contribution >= 0.6 is 0 Å². The molecule has 0 saturated heterocycles. The van der Waals surface area contributed by atoms with Crippen molar-refractivity contribution in [3.8, 4) is 11.4 Å². The molecule has 0 fully saturated rings. The Bertz CT molecular complexity index is 811. The van der Waals surface area contributed by atoms with E-state index < -0.39 is 0 Å². The van der Waals surface area contributed by atoms with Gasteiger partial charge in [0.15, 0.2) is 0 Å². The molecule has 0 saturated carbocycles. The van der Waals surface area contributed by atoms with Gasteiger partial charge in [0.25, 0.3) is 0 Å². The van der Waals surface area contributed by atoms with Crippen molar-refractivity contribution in [3.63, 3.8) is 0 Å². The van der Waals surface area contributed by atoms with Gasteiger partial charge >= 0.3 is 0 Å². The summed E-state index contributed by atoms with van der Waals surface area (Å²) in [5.41, 5.74) is 3.66. The first-order valence-corrected chi connectivity index (χ1v) is 5.49. The van der Waals surface area contributed by atoms with Crippen LogP contribution in [0.2, 0.25) is 0 Å². The minimum Gasteiger partial charge on any atom is -0.337 e. The summed E-state index contributed by atoms with van der Waals surface area (Å²) < 4.78 is 1.77. The van der Waals surface area contributed by atoms with Crippen molar-refractivity contribution in [2.24, 2.45) is 0 Å². The Balaban J connectivity index is 2.01. The van der Waals surface area contributed by atoms with Gasteiger partial charge in [-0.05, 0) is 6.07 Å². The molecule has 4 rings (SSSR count). The quantitative estimate of drug-likeness (QED) is 0.545. The van der Waals surface area contributed by atoms with Gasteiger partial charge in [-0.3, -0.25) is 9.97 Å². The molecule has 0 amide bonds. The normalized spacial score (nSPS) is 11.3. The third-order valence-corrected chi connectivity index (χ3v) is 2.86. The van der Waals surface area contributed by atoms with Crippen molar-refractivity contribution in [2.75, 3.05) is 0 Å². The molecular weight excluding hydrogens is 228 g/mol. The second kappa shape index (κ2) is 3.36. The van der Waals surface area contributed by atoms with E-state index in [-0.39, 0.29) is 0 Å². The highest BCUT2D eigenvalue weighted by Gasteiger charge is 2.10. The number of nitrogens with one attached hydrogen (secondary N) is 1. The lowest BCUT2D eigenvalue weighted by Gasteiger charge is -1.93. The zero-order valence-electron chi connectivity index (χ0n) is 9.28. The van der Waals surface area contributed by atoms with Crippen LogP contribution in [0, 0.1) is 0 Å². The molecule has 4 aromatic heterocycles. The summed E-state index contributed by atoms with van der Waals surface area (Å²) in [5, 5.41) is 4.27. The maximum absolute atomic E-state index is 4.53. The summed E-state index contributed by atoms with van der Waals surface area (Å²) >= 11 is 0. The molecule has 86 valence electrons. The van der Waals surface area contributed by atoms with Gasteiger partial charge in [-0.1, -0.05) is 0 Å². The fourth-order valence-corrected chi connectivity index (χ4v) is 2.00. The molecule has 4 heterocycles. The van der Waals surface area contributed by atoms with E-state index in [4.69, 9.17) is 0 Å². The Morgan fingerprint density at radius 2 is 2.00 bits per heavy atom. The molecule has 18 heavy (non-hydrogen) atoms. The Labute approximate surface area is 101 Å². The zero-order valence-corrected chi connectivity index (χ0v) is 9.28. The van der Waals surface area contributed by atoms with Gasteiger partial charge in [0.05, 0.1) is 40.7 Å². The van der Waals surface area contributed by atoms with Crippen LogP contribution in [-0.2, 0) is 0 Å². The third-order valence-electron chi connectivity index (χ3n) is 2.86. The number of aromatic amines is 1. The van der Waals surface area contributed by atoms with Crippen LogP contribution in [0.1, 0.15) is 0 Å². The van der Waals surface area contributed by atoms with E-state index in [1.807, 2.05) is 12.3 Å². The number of H-pyrrole nitrogens is 1.